The third-order valence-corrected chi connectivity index (χ3v) is 4.69. The van der Waals surface area contributed by atoms with Gasteiger partial charge in [0, 0.05) is 30.8 Å². The van der Waals surface area contributed by atoms with Crippen LogP contribution < -0.4 is 4.74 Å². The molecule has 1 N–H and O–H groups in total. The molecule has 1 aromatic rings. The Bertz CT molecular complexity index is 739. The molecule has 2 heterocycles. The highest BCUT2D eigenvalue weighted by Gasteiger charge is 2.33. The number of hydrogen-bond donors (Lipinski definition) is 1. The Hall–Kier alpha value is -2.14. The van der Waals surface area contributed by atoms with Crippen LogP contribution in [-0.4, -0.2) is 97.3 Å². The van der Waals surface area contributed by atoms with Crippen LogP contribution in [0.15, 0.2) is 12.3 Å². The standard InChI is InChI=1S/C21H32N4O3/c1-15-12-25(16(2)14-26)21(27)18-10-17(8-7-9-23(3)4)11-22-20(18)28-19(15)13-24(5)6/h10-11,15-16,19,26H,9,12-14H2,1-6H3/t15-,16-,19-/m0/s1. The molecule has 0 unspecified atom stereocenters. The van der Waals surface area contributed by atoms with Gasteiger partial charge in [0.25, 0.3) is 5.91 Å². The van der Waals surface area contributed by atoms with Gasteiger partial charge in [0.15, 0.2) is 0 Å². The molecule has 154 valence electrons. The summed E-state index contributed by atoms with van der Waals surface area (Å²) in [6.07, 6.45) is 1.53. The molecular formula is C21H32N4O3. The van der Waals surface area contributed by atoms with E-state index in [1.165, 1.54) is 0 Å². The lowest BCUT2D eigenvalue weighted by atomic mass is 10.00. The largest absolute Gasteiger partial charge is 0.472 e. The van der Waals surface area contributed by atoms with Crippen molar-refractivity contribution >= 4 is 5.91 Å². The number of rotatable bonds is 5. The summed E-state index contributed by atoms with van der Waals surface area (Å²) in [5, 5.41) is 9.66. The normalized spacial score (nSPS) is 20.8. The second-order valence-electron chi connectivity index (χ2n) is 8.00. The van der Waals surface area contributed by atoms with Gasteiger partial charge in [-0.15, -0.1) is 0 Å². The van der Waals surface area contributed by atoms with Gasteiger partial charge in [-0.2, -0.15) is 0 Å². The number of fused-ring (bicyclic) bond motifs is 1. The molecule has 0 saturated heterocycles. The fourth-order valence-corrected chi connectivity index (χ4v) is 3.05. The van der Waals surface area contributed by atoms with E-state index in [2.05, 4.69) is 28.6 Å². The van der Waals surface area contributed by atoms with Crippen LogP contribution in [-0.2, 0) is 0 Å². The van der Waals surface area contributed by atoms with Crippen molar-refractivity contribution in [1.29, 1.82) is 0 Å². The zero-order valence-corrected chi connectivity index (χ0v) is 17.8. The monoisotopic (exact) mass is 388 g/mol. The van der Waals surface area contributed by atoms with E-state index in [1.54, 1.807) is 17.2 Å². The maximum atomic E-state index is 13.2. The van der Waals surface area contributed by atoms with E-state index in [1.807, 2.05) is 40.0 Å². The predicted octanol–water partition coefficient (Wildman–Crippen LogP) is 0.776. The lowest BCUT2D eigenvalue weighted by Gasteiger charge is -2.37. The van der Waals surface area contributed by atoms with E-state index in [4.69, 9.17) is 4.74 Å². The molecule has 28 heavy (non-hydrogen) atoms. The van der Waals surface area contributed by atoms with E-state index in [-0.39, 0.29) is 30.6 Å². The van der Waals surface area contributed by atoms with Crippen molar-refractivity contribution < 1.29 is 14.6 Å². The van der Waals surface area contributed by atoms with Gasteiger partial charge in [0.1, 0.15) is 11.7 Å². The molecule has 0 spiro atoms. The summed E-state index contributed by atoms with van der Waals surface area (Å²) in [5.74, 6) is 6.35. The van der Waals surface area contributed by atoms with E-state index in [0.717, 1.165) is 0 Å². The van der Waals surface area contributed by atoms with E-state index in [0.29, 0.717) is 36.6 Å². The molecular weight excluding hydrogens is 356 g/mol. The van der Waals surface area contributed by atoms with Gasteiger partial charge in [-0.3, -0.25) is 9.69 Å². The molecule has 3 atom stereocenters. The minimum absolute atomic E-state index is 0.0925. The summed E-state index contributed by atoms with van der Waals surface area (Å²) in [4.78, 5) is 23.4. The molecule has 0 aliphatic carbocycles. The molecule has 0 bridgehead atoms. The Kier molecular flexibility index (Phi) is 7.81. The number of nitrogens with zero attached hydrogens (tertiary/aromatic N) is 4. The summed E-state index contributed by atoms with van der Waals surface area (Å²) < 4.78 is 6.17. The molecule has 1 aromatic heterocycles. The number of carbonyl (C=O) groups excluding carboxylic acids is 1. The summed E-state index contributed by atoms with van der Waals surface area (Å²) in [6, 6.07) is 1.46. The molecule has 0 saturated carbocycles. The average Bonchev–Trinajstić information content (AvgIpc) is 2.63. The highest BCUT2D eigenvalue weighted by molar-refractivity contribution is 5.97. The Morgan fingerprint density at radius 1 is 1.36 bits per heavy atom. The summed E-state index contributed by atoms with van der Waals surface area (Å²) >= 11 is 0. The van der Waals surface area contributed by atoms with Crippen molar-refractivity contribution in [1.82, 2.24) is 19.7 Å². The van der Waals surface area contributed by atoms with Crippen molar-refractivity contribution in [2.24, 2.45) is 5.92 Å². The lowest BCUT2D eigenvalue weighted by molar-refractivity contribution is 0.0348. The molecule has 2 rings (SSSR count). The van der Waals surface area contributed by atoms with Gasteiger partial charge < -0.3 is 19.6 Å². The zero-order valence-electron chi connectivity index (χ0n) is 17.8. The SMILES string of the molecule is C[C@H]1CN([C@@H](C)CO)C(=O)c2cc(C#CCN(C)C)cnc2O[C@H]1CN(C)C. The second kappa shape index (κ2) is 9.87. The maximum Gasteiger partial charge on any atom is 0.259 e. The van der Waals surface area contributed by atoms with Crippen molar-refractivity contribution in [3.05, 3.63) is 23.4 Å². The number of aliphatic hydroxyl groups is 1. The third-order valence-electron chi connectivity index (χ3n) is 4.69. The third kappa shape index (κ3) is 5.68. The first kappa shape index (κ1) is 22.2. The van der Waals surface area contributed by atoms with Crippen LogP contribution >= 0.6 is 0 Å². The number of hydrogen-bond acceptors (Lipinski definition) is 6. The van der Waals surface area contributed by atoms with Gasteiger partial charge in [-0.1, -0.05) is 18.8 Å². The number of aliphatic hydroxyl groups excluding tert-OH is 1. The molecule has 1 aliphatic rings. The van der Waals surface area contributed by atoms with Crippen LogP contribution in [0.25, 0.3) is 0 Å². The number of ether oxygens (including phenoxy) is 1. The van der Waals surface area contributed by atoms with Crippen LogP contribution in [0.2, 0.25) is 0 Å². The summed E-state index contributed by atoms with van der Waals surface area (Å²) in [5.41, 5.74) is 1.07. The molecule has 7 heteroatoms. The van der Waals surface area contributed by atoms with Crippen LogP contribution in [0.4, 0.5) is 0 Å². The van der Waals surface area contributed by atoms with Crippen molar-refractivity contribution in [3.63, 3.8) is 0 Å². The van der Waals surface area contributed by atoms with Gasteiger partial charge in [-0.05, 0) is 41.2 Å². The highest BCUT2D eigenvalue weighted by Crippen LogP contribution is 2.27. The zero-order chi connectivity index (χ0) is 20.8. The fraction of sp³-hybridized carbons (Fsp3) is 0.619. The summed E-state index contributed by atoms with van der Waals surface area (Å²) in [6.45, 7) is 5.66. The quantitative estimate of drug-likeness (QED) is 0.752. The minimum atomic E-state index is -0.288. The fourth-order valence-electron chi connectivity index (χ4n) is 3.05. The number of likely N-dealkylation sites (N-methyl/N-ethyl adjacent to an activating group) is 1. The molecule has 0 radical (unpaired) electrons. The maximum absolute atomic E-state index is 13.2. The van der Waals surface area contributed by atoms with Gasteiger partial charge in [-0.25, -0.2) is 4.98 Å². The van der Waals surface area contributed by atoms with Crippen molar-refractivity contribution in [2.45, 2.75) is 26.0 Å². The number of amides is 1. The molecule has 0 fully saturated rings. The van der Waals surface area contributed by atoms with Crippen LogP contribution in [0, 0.1) is 17.8 Å². The summed E-state index contributed by atoms with van der Waals surface area (Å²) in [7, 11) is 7.88. The molecule has 1 aliphatic heterocycles. The van der Waals surface area contributed by atoms with Crippen molar-refractivity contribution in [3.8, 4) is 17.7 Å². The van der Waals surface area contributed by atoms with E-state index >= 15 is 0 Å². The number of aromatic nitrogens is 1. The van der Waals surface area contributed by atoms with Gasteiger partial charge in [0.05, 0.1) is 19.2 Å². The lowest BCUT2D eigenvalue weighted by Crippen LogP contribution is -2.49. The van der Waals surface area contributed by atoms with Gasteiger partial charge in [0.2, 0.25) is 5.88 Å². The molecule has 0 aromatic carbocycles. The Balaban J connectivity index is 2.45. The Labute approximate surface area is 168 Å². The van der Waals surface area contributed by atoms with E-state index < -0.39 is 0 Å². The number of carbonyl (C=O) groups is 1. The molecule has 1 amide bonds. The van der Waals surface area contributed by atoms with Crippen LogP contribution in [0.5, 0.6) is 5.88 Å². The predicted molar refractivity (Wildman–Crippen MR) is 109 cm³/mol. The topological polar surface area (TPSA) is 69.1 Å². The Morgan fingerprint density at radius 2 is 2.07 bits per heavy atom. The average molecular weight is 389 g/mol. The number of pyridine rings is 1. The first-order chi connectivity index (χ1) is 13.2. The molecule has 7 nitrogen and oxygen atoms in total. The highest BCUT2D eigenvalue weighted by atomic mass is 16.5. The van der Waals surface area contributed by atoms with Crippen LogP contribution in [0.3, 0.4) is 0 Å². The minimum Gasteiger partial charge on any atom is -0.472 e. The van der Waals surface area contributed by atoms with Crippen molar-refractivity contribution in [2.75, 3.05) is 54.4 Å². The van der Waals surface area contributed by atoms with E-state index in [9.17, 15) is 9.90 Å². The second-order valence-corrected chi connectivity index (χ2v) is 8.00. The first-order valence-electron chi connectivity index (χ1n) is 9.59. The van der Waals surface area contributed by atoms with Gasteiger partial charge >= 0.3 is 0 Å². The Morgan fingerprint density at radius 3 is 2.68 bits per heavy atom. The smallest absolute Gasteiger partial charge is 0.259 e. The first-order valence-corrected chi connectivity index (χ1v) is 9.59. The van der Waals surface area contributed by atoms with Crippen LogP contribution in [0.1, 0.15) is 29.8 Å².